The highest BCUT2D eigenvalue weighted by Gasteiger charge is 2.34. The lowest BCUT2D eigenvalue weighted by molar-refractivity contribution is -0.118. The number of hydrogen-bond donors (Lipinski definition) is 1. The van der Waals surface area contributed by atoms with E-state index in [4.69, 9.17) is 16.3 Å². The number of carbonyl (C=O) groups excluding carboxylic acids is 2. The molecule has 1 aromatic carbocycles. The highest BCUT2D eigenvalue weighted by Crippen LogP contribution is 2.35. The van der Waals surface area contributed by atoms with Gasteiger partial charge in [-0.1, -0.05) is 25.4 Å². The summed E-state index contributed by atoms with van der Waals surface area (Å²) in [6.07, 6.45) is 3.27. The summed E-state index contributed by atoms with van der Waals surface area (Å²) in [5, 5.41) is 3.47. The molecule has 1 aliphatic heterocycles. The topological polar surface area (TPSA) is 84.4 Å². The van der Waals surface area contributed by atoms with Gasteiger partial charge in [0, 0.05) is 40.0 Å². The van der Waals surface area contributed by atoms with Crippen LogP contribution in [0.15, 0.2) is 48.8 Å². The van der Waals surface area contributed by atoms with Crippen LogP contribution in [-0.2, 0) is 11.3 Å². The number of carbonyl (C=O) groups is 2. The number of aromatic nitrogens is 2. The molecule has 0 fully saturated rings. The third-order valence-corrected chi connectivity index (χ3v) is 5.92. The number of rotatable bonds is 6. The molecule has 33 heavy (non-hydrogen) atoms. The Morgan fingerprint density at radius 1 is 1.15 bits per heavy atom. The molecule has 170 valence electrons. The number of nitrogens with one attached hydrogen (secondary N) is 1. The van der Waals surface area contributed by atoms with Crippen molar-refractivity contribution in [3.63, 3.8) is 0 Å². The number of halogens is 1. The maximum Gasteiger partial charge on any atom is 0.255 e. The van der Waals surface area contributed by atoms with Crippen molar-refractivity contribution in [2.75, 3.05) is 5.32 Å². The van der Waals surface area contributed by atoms with E-state index in [2.05, 4.69) is 15.3 Å². The minimum absolute atomic E-state index is 0.0981. The van der Waals surface area contributed by atoms with E-state index in [-0.39, 0.29) is 23.8 Å². The van der Waals surface area contributed by atoms with Gasteiger partial charge in [0.25, 0.3) is 5.91 Å². The van der Waals surface area contributed by atoms with Gasteiger partial charge in [0.05, 0.1) is 12.6 Å². The molecule has 1 N–H and O–H groups in total. The lowest BCUT2D eigenvalue weighted by atomic mass is 10.1. The predicted octanol–water partition coefficient (Wildman–Crippen LogP) is 5.54. The maximum absolute atomic E-state index is 13.1. The Bertz CT molecular complexity index is 1210. The Morgan fingerprint density at radius 3 is 2.55 bits per heavy atom. The molecule has 0 radical (unpaired) electrons. The molecule has 3 heterocycles. The van der Waals surface area contributed by atoms with E-state index < -0.39 is 0 Å². The molecule has 0 saturated heterocycles. The zero-order chi connectivity index (χ0) is 23.7. The number of hydrogen-bond acceptors (Lipinski definition) is 5. The molecule has 1 atom stereocenters. The van der Waals surface area contributed by atoms with Gasteiger partial charge in [-0.25, -0.2) is 9.97 Å². The van der Waals surface area contributed by atoms with Crippen molar-refractivity contribution < 1.29 is 14.3 Å². The second-order valence-corrected chi connectivity index (χ2v) is 8.82. The van der Waals surface area contributed by atoms with Crippen LogP contribution < -0.4 is 10.1 Å². The van der Waals surface area contributed by atoms with E-state index in [1.807, 2.05) is 33.8 Å². The summed E-state index contributed by atoms with van der Waals surface area (Å²) in [6.45, 7) is 7.86. The van der Waals surface area contributed by atoms with Gasteiger partial charge in [-0.05, 0) is 55.8 Å². The molecule has 1 unspecified atom stereocenters. The number of benzene rings is 1. The van der Waals surface area contributed by atoms with Crippen molar-refractivity contribution in [3.05, 3.63) is 76.1 Å². The van der Waals surface area contributed by atoms with Gasteiger partial charge in [0.2, 0.25) is 11.8 Å². The Kier molecular flexibility index (Phi) is 6.33. The average molecular weight is 465 g/mol. The fraction of sp³-hybridized carbons (Fsp3) is 0.280. The minimum Gasteiger partial charge on any atom is -0.439 e. The first-order chi connectivity index (χ1) is 15.7. The zero-order valence-corrected chi connectivity index (χ0v) is 19.7. The predicted molar refractivity (Wildman–Crippen MR) is 126 cm³/mol. The summed E-state index contributed by atoms with van der Waals surface area (Å²) < 4.78 is 5.87. The lowest BCUT2D eigenvalue weighted by Gasteiger charge is -2.25. The quantitative estimate of drug-likeness (QED) is 0.517. The van der Waals surface area contributed by atoms with E-state index in [1.165, 1.54) is 0 Å². The van der Waals surface area contributed by atoms with Crippen molar-refractivity contribution in [2.24, 2.45) is 5.92 Å². The summed E-state index contributed by atoms with van der Waals surface area (Å²) >= 11 is 5.93. The van der Waals surface area contributed by atoms with Gasteiger partial charge in [-0.15, -0.1) is 0 Å². The summed E-state index contributed by atoms with van der Waals surface area (Å²) in [6, 6.07) is 10.5. The molecule has 0 spiro atoms. The second kappa shape index (κ2) is 9.19. The Balaban J connectivity index is 1.53. The molecule has 1 aliphatic rings. The molecule has 3 aromatic rings. The minimum atomic E-state index is -0.227. The van der Waals surface area contributed by atoms with Crippen LogP contribution in [0.1, 0.15) is 53.9 Å². The summed E-state index contributed by atoms with van der Waals surface area (Å²) in [5.41, 5.74) is 3.03. The number of nitrogens with zero attached hydrogens (tertiary/aromatic N) is 3. The smallest absolute Gasteiger partial charge is 0.255 e. The molecular formula is C25H25ClN4O3. The van der Waals surface area contributed by atoms with Crippen molar-refractivity contribution in [3.8, 4) is 11.6 Å². The Labute approximate surface area is 197 Å². The second-order valence-electron chi connectivity index (χ2n) is 8.39. The molecule has 0 saturated carbocycles. The first-order valence-corrected chi connectivity index (χ1v) is 11.1. The maximum atomic E-state index is 13.1. The normalized spacial score (nSPS) is 13.8. The monoisotopic (exact) mass is 464 g/mol. The molecule has 4 rings (SSSR count). The van der Waals surface area contributed by atoms with E-state index in [0.717, 1.165) is 16.7 Å². The number of ether oxygens (including phenoxy) is 1. The van der Waals surface area contributed by atoms with Crippen molar-refractivity contribution in [1.29, 1.82) is 0 Å². The standard InChI is InChI=1S/C25H25ClN4O3/c1-14(2)23(31)29-22-21-13-30(25(32)20(21)9-10-27-22)16(4)17-11-15(3)24(28-12-17)33-19-7-5-18(26)6-8-19/h5-12,14,16H,13H2,1-4H3,(H,27,29,31). The highest BCUT2D eigenvalue weighted by atomic mass is 35.5. The van der Waals surface area contributed by atoms with Crippen molar-refractivity contribution in [1.82, 2.24) is 14.9 Å². The zero-order valence-electron chi connectivity index (χ0n) is 18.9. The molecule has 2 amide bonds. The van der Waals surface area contributed by atoms with Crippen LogP contribution in [0.3, 0.4) is 0 Å². The van der Waals surface area contributed by atoms with Gasteiger partial charge < -0.3 is 15.0 Å². The van der Waals surface area contributed by atoms with E-state index in [9.17, 15) is 9.59 Å². The third kappa shape index (κ3) is 4.68. The van der Waals surface area contributed by atoms with E-state index >= 15 is 0 Å². The van der Waals surface area contributed by atoms with Crippen LogP contribution in [0.5, 0.6) is 11.6 Å². The van der Waals surface area contributed by atoms with Crippen LogP contribution in [-0.4, -0.2) is 26.7 Å². The van der Waals surface area contributed by atoms with Gasteiger partial charge in [-0.3, -0.25) is 9.59 Å². The fourth-order valence-electron chi connectivity index (χ4n) is 3.64. The van der Waals surface area contributed by atoms with Crippen LogP contribution in [0.25, 0.3) is 0 Å². The molecule has 7 nitrogen and oxygen atoms in total. The highest BCUT2D eigenvalue weighted by molar-refractivity contribution is 6.30. The summed E-state index contributed by atoms with van der Waals surface area (Å²) in [7, 11) is 0. The third-order valence-electron chi connectivity index (χ3n) is 5.67. The first kappa shape index (κ1) is 22.7. The number of amides is 2. The first-order valence-electron chi connectivity index (χ1n) is 10.7. The van der Waals surface area contributed by atoms with Crippen LogP contribution >= 0.6 is 11.6 Å². The van der Waals surface area contributed by atoms with Crippen LogP contribution in [0.4, 0.5) is 5.82 Å². The fourth-order valence-corrected chi connectivity index (χ4v) is 3.77. The Morgan fingerprint density at radius 2 is 1.88 bits per heavy atom. The number of aryl methyl sites for hydroxylation is 1. The number of fused-ring (bicyclic) bond motifs is 1. The average Bonchev–Trinajstić information content (AvgIpc) is 3.13. The Hall–Kier alpha value is -3.45. The summed E-state index contributed by atoms with van der Waals surface area (Å²) in [4.78, 5) is 35.8. The molecule has 0 bridgehead atoms. The molecule has 8 heteroatoms. The molecular weight excluding hydrogens is 440 g/mol. The SMILES string of the molecule is Cc1cc(C(C)N2Cc3c(ccnc3NC(=O)C(C)C)C2=O)cnc1Oc1ccc(Cl)cc1. The van der Waals surface area contributed by atoms with E-state index in [0.29, 0.717) is 34.6 Å². The van der Waals surface area contributed by atoms with E-state index in [1.54, 1.807) is 47.6 Å². The van der Waals surface area contributed by atoms with Gasteiger partial charge in [0.15, 0.2) is 0 Å². The largest absolute Gasteiger partial charge is 0.439 e. The van der Waals surface area contributed by atoms with Crippen LogP contribution in [0.2, 0.25) is 5.02 Å². The van der Waals surface area contributed by atoms with Gasteiger partial charge in [0.1, 0.15) is 11.6 Å². The molecule has 2 aromatic heterocycles. The van der Waals surface area contributed by atoms with Crippen LogP contribution in [0, 0.1) is 12.8 Å². The van der Waals surface area contributed by atoms with Gasteiger partial charge in [-0.2, -0.15) is 0 Å². The van der Waals surface area contributed by atoms with Crippen molar-refractivity contribution in [2.45, 2.75) is 40.3 Å². The lowest BCUT2D eigenvalue weighted by Crippen LogP contribution is -2.27. The van der Waals surface area contributed by atoms with Crippen molar-refractivity contribution >= 4 is 29.2 Å². The van der Waals surface area contributed by atoms with Gasteiger partial charge >= 0.3 is 0 Å². The molecule has 0 aliphatic carbocycles. The summed E-state index contributed by atoms with van der Waals surface area (Å²) in [5.74, 6) is 1.16. The number of anilines is 1. The number of pyridine rings is 2.